The minimum atomic E-state index is -0.386. The molecule has 0 aliphatic carbocycles. The lowest BCUT2D eigenvalue weighted by molar-refractivity contribution is -0.128. The zero-order valence-corrected chi connectivity index (χ0v) is 11.9. The molecule has 1 atom stereocenters. The largest absolute Gasteiger partial charge is 0.379 e. The summed E-state index contributed by atoms with van der Waals surface area (Å²) in [7, 11) is 0. The fraction of sp³-hybridized carbons (Fsp3) is 0.538. The smallest absolute Gasteiger partial charge is 0.243 e. The first-order valence-electron chi connectivity index (χ1n) is 6.36. The molecule has 0 radical (unpaired) electrons. The van der Waals surface area contributed by atoms with E-state index >= 15 is 0 Å². The average Bonchev–Trinajstić information content (AvgIpc) is 2.37. The Labute approximate surface area is 118 Å². The van der Waals surface area contributed by atoms with Crippen molar-refractivity contribution in [2.75, 3.05) is 13.2 Å². The van der Waals surface area contributed by atoms with Gasteiger partial charge in [0.25, 0.3) is 0 Å². The Balaban J connectivity index is 1.96. The summed E-state index contributed by atoms with van der Waals surface area (Å²) in [4.78, 5) is 22.1. The Morgan fingerprint density at radius 2 is 2.32 bits per heavy atom. The number of fused-ring (bicyclic) bond motifs is 1. The Hall–Kier alpha value is -1.40. The summed E-state index contributed by atoms with van der Waals surface area (Å²) in [5, 5.41) is 0.299. The monoisotopic (exact) mass is 279 g/mol. The summed E-state index contributed by atoms with van der Waals surface area (Å²) in [6.07, 6.45) is 6.12. The van der Waals surface area contributed by atoms with Crippen LogP contribution in [0.5, 0.6) is 0 Å². The van der Waals surface area contributed by atoms with Crippen LogP contribution in [-0.2, 0) is 9.53 Å². The minimum absolute atomic E-state index is 0.0485. The molecule has 5 nitrogen and oxygen atoms in total. The van der Waals surface area contributed by atoms with Gasteiger partial charge in [-0.25, -0.2) is 9.98 Å². The molecule has 0 saturated carbocycles. The van der Waals surface area contributed by atoms with Gasteiger partial charge >= 0.3 is 0 Å². The van der Waals surface area contributed by atoms with Crippen LogP contribution in [0.3, 0.4) is 0 Å². The van der Waals surface area contributed by atoms with Crippen LogP contribution in [0.1, 0.15) is 20.3 Å². The molecule has 2 aliphatic rings. The van der Waals surface area contributed by atoms with Crippen LogP contribution in [0.15, 0.2) is 22.1 Å². The van der Waals surface area contributed by atoms with E-state index in [-0.39, 0.29) is 17.9 Å². The fourth-order valence-electron chi connectivity index (χ4n) is 1.91. The van der Waals surface area contributed by atoms with Crippen molar-refractivity contribution >= 4 is 35.3 Å². The molecule has 2 aliphatic heterocycles. The van der Waals surface area contributed by atoms with Gasteiger partial charge < -0.3 is 4.74 Å². The lowest BCUT2D eigenvalue weighted by Gasteiger charge is -2.29. The van der Waals surface area contributed by atoms with Gasteiger partial charge in [-0.05, 0) is 38.6 Å². The number of hydrogen-bond donors (Lipinski definition) is 0. The minimum Gasteiger partial charge on any atom is -0.379 e. The maximum Gasteiger partial charge on any atom is 0.243 e. The second-order valence-electron chi connectivity index (χ2n) is 4.66. The Bertz CT molecular complexity index is 469. The molecule has 1 amide bonds. The van der Waals surface area contributed by atoms with E-state index in [0.29, 0.717) is 24.1 Å². The van der Waals surface area contributed by atoms with Gasteiger partial charge in [-0.15, -0.1) is 0 Å². The van der Waals surface area contributed by atoms with Gasteiger partial charge in [-0.1, -0.05) is 6.08 Å². The van der Waals surface area contributed by atoms with Crippen LogP contribution in [-0.4, -0.2) is 47.2 Å². The molecule has 0 N–H and O–H groups in total. The van der Waals surface area contributed by atoms with Gasteiger partial charge in [0.15, 0.2) is 0 Å². The predicted molar refractivity (Wildman–Crippen MR) is 78.6 cm³/mol. The number of amides is 1. The van der Waals surface area contributed by atoms with Crippen molar-refractivity contribution in [1.29, 1.82) is 0 Å². The van der Waals surface area contributed by atoms with Gasteiger partial charge in [-0.2, -0.15) is 0 Å². The Morgan fingerprint density at radius 3 is 3.05 bits per heavy atom. The maximum absolute atomic E-state index is 12.3. The molecular formula is C13H17N3O2S. The van der Waals surface area contributed by atoms with Gasteiger partial charge in [0.2, 0.25) is 11.0 Å². The van der Waals surface area contributed by atoms with Gasteiger partial charge in [0, 0.05) is 19.4 Å². The third kappa shape index (κ3) is 3.33. The van der Waals surface area contributed by atoms with Crippen molar-refractivity contribution < 1.29 is 9.53 Å². The third-order valence-electron chi connectivity index (χ3n) is 2.83. The van der Waals surface area contributed by atoms with Crippen LogP contribution >= 0.6 is 12.2 Å². The van der Waals surface area contributed by atoms with Crippen LogP contribution in [0, 0.1) is 5.92 Å². The summed E-state index contributed by atoms with van der Waals surface area (Å²) in [6.45, 7) is 5.12. The van der Waals surface area contributed by atoms with Gasteiger partial charge in [0.05, 0.1) is 6.10 Å². The van der Waals surface area contributed by atoms with Crippen molar-refractivity contribution in [3.8, 4) is 0 Å². The van der Waals surface area contributed by atoms with Crippen molar-refractivity contribution in [2.45, 2.75) is 26.4 Å². The molecule has 0 aromatic carbocycles. The maximum atomic E-state index is 12.3. The van der Waals surface area contributed by atoms with E-state index in [1.165, 1.54) is 0 Å². The summed E-state index contributed by atoms with van der Waals surface area (Å²) >= 11 is 5.15. The average molecular weight is 279 g/mol. The Kier molecular flexibility index (Phi) is 4.55. The van der Waals surface area contributed by atoms with E-state index in [1.54, 1.807) is 23.3 Å². The molecule has 0 bridgehead atoms. The number of rotatable bonds is 5. The summed E-state index contributed by atoms with van der Waals surface area (Å²) in [5.41, 5.74) is 0. The second-order valence-corrected chi connectivity index (χ2v) is 5.02. The zero-order valence-electron chi connectivity index (χ0n) is 11.1. The van der Waals surface area contributed by atoms with E-state index in [1.807, 2.05) is 13.8 Å². The zero-order chi connectivity index (χ0) is 13.8. The van der Waals surface area contributed by atoms with Crippen molar-refractivity contribution in [1.82, 2.24) is 4.90 Å². The molecule has 0 aromatic heterocycles. The number of carbonyl (C=O) groups is 1. The highest BCUT2D eigenvalue weighted by molar-refractivity contribution is 7.80. The molecule has 102 valence electrons. The van der Waals surface area contributed by atoms with Gasteiger partial charge in [0.1, 0.15) is 11.8 Å². The first kappa shape index (κ1) is 14.0. The fourth-order valence-corrected chi connectivity index (χ4v) is 2.18. The van der Waals surface area contributed by atoms with E-state index < -0.39 is 0 Å². The van der Waals surface area contributed by atoms with Crippen molar-refractivity contribution in [3.05, 3.63) is 12.2 Å². The van der Waals surface area contributed by atoms with Crippen LogP contribution in [0.4, 0.5) is 0 Å². The summed E-state index contributed by atoms with van der Waals surface area (Å²) in [6, 6.07) is 0. The summed E-state index contributed by atoms with van der Waals surface area (Å²) < 4.78 is 5.46. The molecule has 6 heteroatoms. The molecule has 2 heterocycles. The number of ether oxygens (including phenoxy) is 1. The molecule has 1 unspecified atom stereocenters. The Morgan fingerprint density at radius 1 is 1.53 bits per heavy atom. The number of nitrogens with zero attached hydrogens (tertiary/aromatic N) is 3. The quantitative estimate of drug-likeness (QED) is 0.567. The summed E-state index contributed by atoms with van der Waals surface area (Å²) in [5.74, 6) is 0.0579. The van der Waals surface area contributed by atoms with Crippen LogP contribution < -0.4 is 0 Å². The standard InChI is InChI=1S/C13H17N3O2S/c1-9(2)18-8-4-7-16-12(17)10-5-3-6-14-11(10)15-13(16)19/h3,5-6,9-10H,4,7-8H2,1-2H3. The molecule has 19 heavy (non-hydrogen) atoms. The first-order valence-corrected chi connectivity index (χ1v) is 6.77. The third-order valence-corrected chi connectivity index (χ3v) is 3.14. The van der Waals surface area contributed by atoms with E-state index in [2.05, 4.69) is 9.98 Å². The lowest BCUT2D eigenvalue weighted by Crippen LogP contribution is -2.46. The SMILES string of the molecule is CC(C)OCCCN1C(=O)C2C=CC=NC2=NC1=S. The number of amidine groups is 1. The molecule has 0 fully saturated rings. The van der Waals surface area contributed by atoms with Crippen LogP contribution in [0.25, 0.3) is 0 Å². The number of carbonyl (C=O) groups excluding carboxylic acids is 1. The van der Waals surface area contributed by atoms with E-state index in [9.17, 15) is 4.79 Å². The number of aliphatic imine (C=N–C) groups is 2. The molecule has 0 saturated heterocycles. The second kappa shape index (κ2) is 6.16. The predicted octanol–water partition coefficient (Wildman–Crippen LogP) is 1.58. The topological polar surface area (TPSA) is 54.3 Å². The molecule has 0 spiro atoms. The van der Waals surface area contributed by atoms with Crippen molar-refractivity contribution in [2.24, 2.45) is 15.9 Å². The first-order chi connectivity index (χ1) is 9.09. The molecular weight excluding hydrogens is 262 g/mol. The molecule has 2 rings (SSSR count). The number of allylic oxidation sites excluding steroid dienone is 1. The number of dihydropyridines is 1. The lowest BCUT2D eigenvalue weighted by atomic mass is 10.0. The van der Waals surface area contributed by atoms with Crippen LogP contribution in [0.2, 0.25) is 0 Å². The van der Waals surface area contributed by atoms with Crippen molar-refractivity contribution in [3.63, 3.8) is 0 Å². The molecule has 0 aromatic rings. The van der Waals surface area contributed by atoms with E-state index in [4.69, 9.17) is 17.0 Å². The highest BCUT2D eigenvalue weighted by Gasteiger charge is 2.34. The van der Waals surface area contributed by atoms with E-state index in [0.717, 1.165) is 6.42 Å². The number of thiocarbonyl (C=S) groups is 1. The highest BCUT2D eigenvalue weighted by atomic mass is 32.1. The highest BCUT2D eigenvalue weighted by Crippen LogP contribution is 2.19. The normalized spacial score (nSPS) is 21.9. The van der Waals surface area contributed by atoms with Gasteiger partial charge in [-0.3, -0.25) is 9.69 Å². The number of hydrogen-bond acceptors (Lipinski definition) is 4.